The molecule has 0 fully saturated rings. The van der Waals surface area contributed by atoms with Crippen molar-refractivity contribution in [1.82, 2.24) is 4.57 Å². The van der Waals surface area contributed by atoms with Gasteiger partial charge in [-0.15, -0.1) is 11.8 Å². The normalized spacial score (nSPS) is 11.0. The van der Waals surface area contributed by atoms with Crippen molar-refractivity contribution >= 4 is 23.7 Å². The molecule has 1 heterocycles. The third-order valence-electron chi connectivity index (χ3n) is 3.55. The molecule has 0 aliphatic carbocycles. The Bertz CT molecular complexity index is 806. The third-order valence-corrected chi connectivity index (χ3v) is 4.34. The molecular formula is C19H18N2OS. The monoisotopic (exact) mass is 322 g/mol. The zero-order valence-corrected chi connectivity index (χ0v) is 14.0. The predicted molar refractivity (Wildman–Crippen MR) is 97.8 cm³/mol. The van der Waals surface area contributed by atoms with Crippen LogP contribution < -0.4 is 4.74 Å². The van der Waals surface area contributed by atoms with E-state index in [1.54, 1.807) is 18.9 Å². The summed E-state index contributed by atoms with van der Waals surface area (Å²) in [7, 11) is 1.67. The lowest BCUT2D eigenvalue weighted by atomic mass is 10.3. The Morgan fingerprint density at radius 1 is 1.00 bits per heavy atom. The first-order valence-corrected chi connectivity index (χ1v) is 8.53. The fraction of sp³-hybridized carbons (Fsp3) is 0.105. The number of para-hydroxylation sites is 1. The van der Waals surface area contributed by atoms with E-state index >= 15 is 0 Å². The van der Waals surface area contributed by atoms with Crippen LogP contribution in [0.5, 0.6) is 5.75 Å². The van der Waals surface area contributed by atoms with Gasteiger partial charge in [0.1, 0.15) is 5.75 Å². The summed E-state index contributed by atoms with van der Waals surface area (Å²) >= 11 is 1.70. The lowest BCUT2D eigenvalue weighted by Crippen LogP contribution is -1.97. The summed E-state index contributed by atoms with van der Waals surface area (Å²) in [6.07, 6.45) is 6.00. The molecule has 0 saturated heterocycles. The first kappa shape index (κ1) is 15.4. The van der Waals surface area contributed by atoms with Gasteiger partial charge in [-0.25, -0.2) is 0 Å². The van der Waals surface area contributed by atoms with E-state index in [4.69, 9.17) is 4.74 Å². The van der Waals surface area contributed by atoms with Crippen LogP contribution in [0.25, 0.3) is 5.69 Å². The third kappa shape index (κ3) is 3.48. The van der Waals surface area contributed by atoms with Crippen LogP contribution in [0.15, 0.2) is 76.7 Å². The molecule has 1 aromatic heterocycles. The molecule has 116 valence electrons. The average molecular weight is 322 g/mol. The molecule has 0 aliphatic heterocycles. The molecule has 23 heavy (non-hydrogen) atoms. The molecule has 3 nitrogen and oxygen atoms in total. The zero-order valence-electron chi connectivity index (χ0n) is 13.1. The number of hydrogen-bond donors (Lipinski definition) is 0. The van der Waals surface area contributed by atoms with Crippen molar-refractivity contribution in [3.63, 3.8) is 0 Å². The second kappa shape index (κ2) is 7.20. The maximum atomic E-state index is 5.21. The SMILES string of the molecule is COc1ccc(-n2cccc2C=Nc2ccccc2SC)cc1. The van der Waals surface area contributed by atoms with Gasteiger partial charge in [0.05, 0.1) is 24.7 Å². The van der Waals surface area contributed by atoms with Crippen LogP contribution in [0.2, 0.25) is 0 Å². The number of methoxy groups -OCH3 is 1. The molecular weight excluding hydrogens is 304 g/mol. The van der Waals surface area contributed by atoms with E-state index in [2.05, 4.69) is 27.9 Å². The van der Waals surface area contributed by atoms with E-state index in [1.807, 2.05) is 60.9 Å². The van der Waals surface area contributed by atoms with Gasteiger partial charge in [0.15, 0.2) is 0 Å². The topological polar surface area (TPSA) is 26.5 Å². The van der Waals surface area contributed by atoms with Gasteiger partial charge in [-0.05, 0) is 54.8 Å². The van der Waals surface area contributed by atoms with Crippen molar-refractivity contribution in [1.29, 1.82) is 0 Å². The summed E-state index contributed by atoms with van der Waals surface area (Å²) in [4.78, 5) is 5.82. The van der Waals surface area contributed by atoms with E-state index in [1.165, 1.54) is 4.90 Å². The van der Waals surface area contributed by atoms with Gasteiger partial charge in [-0.2, -0.15) is 0 Å². The second-order valence-corrected chi connectivity index (χ2v) is 5.78. The summed E-state index contributed by atoms with van der Waals surface area (Å²) in [5, 5.41) is 0. The van der Waals surface area contributed by atoms with Crippen LogP contribution >= 0.6 is 11.8 Å². The lowest BCUT2D eigenvalue weighted by Gasteiger charge is -2.07. The molecule has 3 aromatic rings. The quantitative estimate of drug-likeness (QED) is 0.490. The number of aliphatic imine (C=N–C) groups is 1. The number of nitrogens with zero attached hydrogens (tertiary/aromatic N) is 2. The average Bonchev–Trinajstić information content (AvgIpc) is 3.08. The van der Waals surface area contributed by atoms with Crippen LogP contribution in [-0.4, -0.2) is 24.1 Å². The van der Waals surface area contributed by atoms with Crippen molar-refractivity contribution in [2.24, 2.45) is 4.99 Å². The van der Waals surface area contributed by atoms with E-state index in [0.717, 1.165) is 22.8 Å². The standard InChI is InChI=1S/C19H18N2OS/c1-22-17-11-9-15(10-12-17)21-13-5-6-16(21)14-20-18-7-3-4-8-19(18)23-2/h3-14H,1-2H3. The van der Waals surface area contributed by atoms with E-state index in [0.29, 0.717) is 0 Å². The molecule has 0 N–H and O–H groups in total. The van der Waals surface area contributed by atoms with Gasteiger partial charge in [-0.1, -0.05) is 12.1 Å². The Labute approximate surface area is 140 Å². The van der Waals surface area contributed by atoms with Gasteiger partial charge in [0.25, 0.3) is 0 Å². The fourth-order valence-corrected chi connectivity index (χ4v) is 2.89. The van der Waals surface area contributed by atoms with E-state index in [-0.39, 0.29) is 0 Å². The van der Waals surface area contributed by atoms with Crippen molar-refractivity contribution in [2.75, 3.05) is 13.4 Å². The smallest absolute Gasteiger partial charge is 0.119 e. The Morgan fingerprint density at radius 2 is 1.78 bits per heavy atom. The number of rotatable bonds is 5. The molecule has 0 aliphatic rings. The summed E-state index contributed by atoms with van der Waals surface area (Å²) in [6.45, 7) is 0. The van der Waals surface area contributed by atoms with Crippen LogP contribution in [0.1, 0.15) is 5.69 Å². The maximum absolute atomic E-state index is 5.21. The Hall–Kier alpha value is -2.46. The minimum Gasteiger partial charge on any atom is -0.497 e. The second-order valence-electron chi connectivity index (χ2n) is 4.93. The Morgan fingerprint density at radius 3 is 2.52 bits per heavy atom. The maximum Gasteiger partial charge on any atom is 0.119 e. The number of hydrogen-bond acceptors (Lipinski definition) is 3. The van der Waals surface area contributed by atoms with Gasteiger partial charge in [0.2, 0.25) is 0 Å². The van der Waals surface area contributed by atoms with E-state index < -0.39 is 0 Å². The Kier molecular flexibility index (Phi) is 4.83. The van der Waals surface area contributed by atoms with E-state index in [9.17, 15) is 0 Å². The summed E-state index contributed by atoms with van der Waals surface area (Å²) in [6, 6.07) is 20.2. The highest BCUT2D eigenvalue weighted by Crippen LogP contribution is 2.27. The van der Waals surface area contributed by atoms with Gasteiger partial charge in [-0.3, -0.25) is 4.99 Å². The molecule has 4 heteroatoms. The molecule has 0 spiro atoms. The number of benzene rings is 2. The lowest BCUT2D eigenvalue weighted by molar-refractivity contribution is 0.415. The van der Waals surface area contributed by atoms with Crippen LogP contribution in [-0.2, 0) is 0 Å². The number of aromatic nitrogens is 1. The minimum absolute atomic E-state index is 0.852. The number of ether oxygens (including phenoxy) is 1. The highest BCUT2D eigenvalue weighted by molar-refractivity contribution is 7.98. The van der Waals surface area contributed by atoms with Crippen molar-refractivity contribution in [2.45, 2.75) is 4.90 Å². The highest BCUT2D eigenvalue weighted by atomic mass is 32.2. The van der Waals surface area contributed by atoms with Gasteiger partial charge < -0.3 is 9.30 Å². The van der Waals surface area contributed by atoms with Crippen molar-refractivity contribution in [3.05, 3.63) is 72.6 Å². The first-order chi connectivity index (χ1) is 11.3. The zero-order chi connectivity index (χ0) is 16.1. The highest BCUT2D eigenvalue weighted by Gasteiger charge is 2.03. The summed E-state index contributed by atoms with van der Waals surface area (Å²) < 4.78 is 7.31. The molecule has 0 amide bonds. The van der Waals surface area contributed by atoms with Gasteiger partial charge >= 0.3 is 0 Å². The minimum atomic E-state index is 0.852. The predicted octanol–water partition coefficient (Wildman–Crippen LogP) is 4.96. The van der Waals surface area contributed by atoms with Crippen LogP contribution in [0, 0.1) is 0 Å². The molecule has 2 aromatic carbocycles. The summed E-state index contributed by atoms with van der Waals surface area (Å²) in [5.41, 5.74) is 3.10. The molecule has 0 unspecified atom stereocenters. The van der Waals surface area contributed by atoms with Crippen molar-refractivity contribution < 1.29 is 4.74 Å². The van der Waals surface area contributed by atoms with Crippen LogP contribution in [0.3, 0.4) is 0 Å². The largest absolute Gasteiger partial charge is 0.497 e. The molecule has 0 radical (unpaired) electrons. The molecule has 0 bridgehead atoms. The Balaban J connectivity index is 1.90. The van der Waals surface area contributed by atoms with Crippen LogP contribution in [0.4, 0.5) is 5.69 Å². The van der Waals surface area contributed by atoms with Crippen molar-refractivity contribution in [3.8, 4) is 11.4 Å². The van der Waals surface area contributed by atoms with Gasteiger partial charge in [0, 0.05) is 16.8 Å². The molecule has 0 saturated carbocycles. The summed E-state index contributed by atoms with van der Waals surface area (Å²) in [5.74, 6) is 0.852. The molecule has 0 atom stereocenters. The molecule has 3 rings (SSSR count). The fourth-order valence-electron chi connectivity index (χ4n) is 2.35. The first-order valence-electron chi connectivity index (χ1n) is 7.30. The number of thioether (sulfide) groups is 1.